The van der Waals surface area contributed by atoms with Crippen molar-refractivity contribution in [2.24, 2.45) is 0 Å². The smallest absolute Gasteiger partial charge is 0.178 e. The van der Waals surface area contributed by atoms with Gasteiger partial charge in [-0.15, -0.1) is 0 Å². The van der Waals surface area contributed by atoms with Crippen LogP contribution in [-0.4, -0.2) is 0 Å². The molecule has 2 aromatic heterocycles. The third-order valence-corrected chi connectivity index (χ3v) is 13.2. The van der Waals surface area contributed by atoms with Crippen LogP contribution < -0.4 is 9.80 Å². The first-order valence-corrected chi connectivity index (χ1v) is 22.8. The van der Waals surface area contributed by atoms with Crippen molar-refractivity contribution in [2.45, 2.75) is 6.92 Å². The molecule has 0 radical (unpaired) electrons. The van der Waals surface area contributed by atoms with E-state index < -0.39 is 0 Å². The number of fused-ring (bicyclic) bond motifs is 9. The van der Waals surface area contributed by atoms with Gasteiger partial charge in [-0.05, 0) is 159 Å². The predicted molar refractivity (Wildman–Crippen MR) is 281 cm³/mol. The van der Waals surface area contributed by atoms with Crippen molar-refractivity contribution in [3.05, 3.63) is 242 Å². The quantitative estimate of drug-likeness (QED) is 0.152. The summed E-state index contributed by atoms with van der Waals surface area (Å²) in [4.78, 5) is 4.65. The van der Waals surface area contributed by atoms with Crippen molar-refractivity contribution < 1.29 is 8.83 Å². The molecule has 2 heterocycles. The molecule has 4 nitrogen and oxygen atoms in total. The molecule has 0 fully saturated rings. The molecule has 316 valence electrons. The van der Waals surface area contributed by atoms with Crippen LogP contribution in [0.1, 0.15) is 5.56 Å². The van der Waals surface area contributed by atoms with E-state index in [2.05, 4.69) is 253 Å². The third-order valence-electron chi connectivity index (χ3n) is 13.2. The van der Waals surface area contributed by atoms with E-state index in [0.717, 1.165) is 105 Å². The lowest BCUT2D eigenvalue weighted by atomic mass is 10.00. The highest BCUT2D eigenvalue weighted by Crippen LogP contribution is 2.45. The lowest BCUT2D eigenvalue weighted by molar-refractivity contribution is 0.633. The molecule has 67 heavy (non-hydrogen) atoms. The summed E-state index contributed by atoms with van der Waals surface area (Å²) in [5, 5.41) is 8.77. The van der Waals surface area contributed by atoms with Gasteiger partial charge in [-0.1, -0.05) is 133 Å². The maximum Gasteiger partial charge on any atom is 0.178 e. The van der Waals surface area contributed by atoms with E-state index in [1.54, 1.807) is 0 Å². The summed E-state index contributed by atoms with van der Waals surface area (Å²) in [5.74, 6) is 0. The second-order valence-corrected chi connectivity index (χ2v) is 17.4. The van der Waals surface area contributed by atoms with Crippen LogP contribution >= 0.6 is 0 Å². The minimum atomic E-state index is 0.768. The number of nitrogens with zero attached hydrogens (tertiary/aromatic N) is 2. The van der Waals surface area contributed by atoms with Crippen LogP contribution in [0.5, 0.6) is 0 Å². The van der Waals surface area contributed by atoms with Crippen LogP contribution in [0.2, 0.25) is 0 Å². The Morgan fingerprint density at radius 1 is 0.284 bits per heavy atom. The Kier molecular flexibility index (Phi) is 9.04. The number of rotatable bonds is 8. The molecular weight excluding hydrogens is 817 g/mol. The monoisotopic (exact) mass is 858 g/mol. The zero-order valence-electron chi connectivity index (χ0n) is 36.7. The second-order valence-electron chi connectivity index (χ2n) is 17.4. The van der Waals surface area contributed by atoms with Gasteiger partial charge in [-0.25, -0.2) is 0 Å². The van der Waals surface area contributed by atoms with Crippen LogP contribution in [0.15, 0.2) is 245 Å². The number of furan rings is 2. The third kappa shape index (κ3) is 6.69. The first kappa shape index (κ1) is 38.6. The molecule has 0 N–H and O–H groups in total. The van der Waals surface area contributed by atoms with Crippen LogP contribution in [-0.2, 0) is 0 Å². The Morgan fingerprint density at radius 3 is 1.22 bits per heavy atom. The number of hydrogen-bond acceptors (Lipinski definition) is 4. The van der Waals surface area contributed by atoms with E-state index in [9.17, 15) is 0 Å². The summed E-state index contributed by atoms with van der Waals surface area (Å²) in [6, 6.07) is 84.4. The standard InChI is InChI=1S/C63H42N2O2/c1-41-32-57-56-37-46-28-30-54(64(50-22-10-4-11-23-50)52-26-14-20-44(33-52)42-16-6-2-7-17-42)35-48(46)39-59(56)66-62(57)63-61(41)58-38-47-29-31-55(36-49(47)40-60(58)67-63)65(51-24-12-5-13-25-51)53-27-15-21-45(34-53)43-18-8-3-9-19-43/h2-40H,1H3. The molecule has 0 aliphatic heterocycles. The molecule has 0 unspecified atom stereocenters. The maximum absolute atomic E-state index is 6.89. The second kappa shape index (κ2) is 15.7. The summed E-state index contributed by atoms with van der Waals surface area (Å²) in [5.41, 5.74) is 15.6. The zero-order valence-corrected chi connectivity index (χ0v) is 36.7. The van der Waals surface area contributed by atoms with Gasteiger partial charge < -0.3 is 18.6 Å². The summed E-state index contributed by atoms with van der Waals surface area (Å²) in [7, 11) is 0. The number of para-hydroxylation sites is 2. The molecule has 0 spiro atoms. The Hall–Kier alpha value is -8.86. The molecule has 13 aromatic rings. The van der Waals surface area contributed by atoms with Crippen molar-refractivity contribution >= 4 is 99.5 Å². The molecule has 13 rings (SSSR count). The highest BCUT2D eigenvalue weighted by molar-refractivity contribution is 6.22. The van der Waals surface area contributed by atoms with Gasteiger partial charge in [0.25, 0.3) is 0 Å². The Balaban J connectivity index is 0.916. The van der Waals surface area contributed by atoms with Gasteiger partial charge in [0, 0.05) is 55.7 Å². The van der Waals surface area contributed by atoms with Crippen molar-refractivity contribution in [3.63, 3.8) is 0 Å². The molecule has 0 saturated heterocycles. The average molecular weight is 859 g/mol. The van der Waals surface area contributed by atoms with Gasteiger partial charge >= 0.3 is 0 Å². The van der Waals surface area contributed by atoms with Crippen molar-refractivity contribution in [2.75, 3.05) is 9.80 Å². The van der Waals surface area contributed by atoms with Crippen LogP contribution in [0.25, 0.3) is 87.7 Å². The van der Waals surface area contributed by atoms with Gasteiger partial charge in [0.15, 0.2) is 11.2 Å². The van der Waals surface area contributed by atoms with Gasteiger partial charge in [-0.2, -0.15) is 0 Å². The molecular formula is C63H42N2O2. The summed E-state index contributed by atoms with van der Waals surface area (Å²) < 4.78 is 13.8. The molecule has 0 amide bonds. The van der Waals surface area contributed by atoms with E-state index in [1.165, 1.54) is 22.3 Å². The first-order valence-electron chi connectivity index (χ1n) is 22.8. The lowest BCUT2D eigenvalue weighted by Crippen LogP contribution is -2.09. The fourth-order valence-electron chi connectivity index (χ4n) is 10.1. The van der Waals surface area contributed by atoms with Crippen LogP contribution in [0, 0.1) is 6.92 Å². The number of hydrogen-bond donors (Lipinski definition) is 0. The van der Waals surface area contributed by atoms with Gasteiger partial charge in [0.2, 0.25) is 0 Å². The van der Waals surface area contributed by atoms with Crippen LogP contribution in [0.4, 0.5) is 34.1 Å². The Bertz CT molecular complexity index is 3990. The topological polar surface area (TPSA) is 32.8 Å². The largest absolute Gasteiger partial charge is 0.452 e. The molecule has 4 heteroatoms. The number of aryl methyl sites for hydroxylation is 1. The molecule has 0 atom stereocenters. The predicted octanol–water partition coefficient (Wildman–Crippen LogP) is 18.4. The molecule has 11 aromatic carbocycles. The van der Waals surface area contributed by atoms with Crippen molar-refractivity contribution in [1.29, 1.82) is 0 Å². The van der Waals surface area contributed by atoms with E-state index in [0.29, 0.717) is 0 Å². The molecule has 0 aliphatic carbocycles. The van der Waals surface area contributed by atoms with E-state index in [1.807, 2.05) is 0 Å². The fraction of sp³-hybridized carbons (Fsp3) is 0.0159. The Labute approximate surface area is 387 Å². The number of anilines is 6. The zero-order chi connectivity index (χ0) is 44.4. The van der Waals surface area contributed by atoms with Gasteiger partial charge in [-0.3, -0.25) is 0 Å². The lowest BCUT2D eigenvalue weighted by Gasteiger charge is -2.26. The molecule has 0 saturated carbocycles. The summed E-state index contributed by atoms with van der Waals surface area (Å²) in [6.45, 7) is 2.18. The van der Waals surface area contributed by atoms with Crippen LogP contribution in [0.3, 0.4) is 0 Å². The molecule has 0 aliphatic rings. The van der Waals surface area contributed by atoms with E-state index >= 15 is 0 Å². The van der Waals surface area contributed by atoms with Gasteiger partial charge in [0.1, 0.15) is 11.2 Å². The highest BCUT2D eigenvalue weighted by atomic mass is 16.4. The van der Waals surface area contributed by atoms with Crippen molar-refractivity contribution in [3.8, 4) is 22.3 Å². The highest BCUT2D eigenvalue weighted by Gasteiger charge is 2.21. The average Bonchev–Trinajstić information content (AvgIpc) is 3.94. The molecule has 0 bridgehead atoms. The normalized spacial score (nSPS) is 11.7. The van der Waals surface area contributed by atoms with Gasteiger partial charge in [0.05, 0.1) is 0 Å². The van der Waals surface area contributed by atoms with E-state index in [-0.39, 0.29) is 0 Å². The maximum atomic E-state index is 6.89. The minimum Gasteiger partial charge on any atom is -0.452 e. The summed E-state index contributed by atoms with van der Waals surface area (Å²) >= 11 is 0. The fourth-order valence-corrected chi connectivity index (χ4v) is 10.1. The summed E-state index contributed by atoms with van der Waals surface area (Å²) in [6.07, 6.45) is 0. The first-order chi connectivity index (χ1) is 33.1. The van der Waals surface area contributed by atoms with Crippen molar-refractivity contribution in [1.82, 2.24) is 0 Å². The Morgan fingerprint density at radius 2 is 0.701 bits per heavy atom. The van der Waals surface area contributed by atoms with E-state index in [4.69, 9.17) is 8.83 Å². The SMILES string of the molecule is Cc1cc2c3cc4ccc(N(c5ccccc5)c5cccc(-c6ccccc6)c5)cc4cc3oc2c2oc3cc4cc(N(c5ccccc5)c5cccc(-c6ccccc6)c5)ccc4cc3c12. The minimum absolute atomic E-state index is 0.768. The number of benzene rings is 11.